The Hall–Kier alpha value is -0.880. The van der Waals surface area contributed by atoms with Crippen LogP contribution in [-0.4, -0.2) is 33.8 Å². The topological polar surface area (TPSA) is 66.4 Å². The number of nitrogens with one attached hydrogen (secondary N) is 1. The third-order valence-electron chi connectivity index (χ3n) is 2.10. The van der Waals surface area contributed by atoms with Crippen molar-refractivity contribution in [3.05, 3.63) is 28.2 Å². The van der Waals surface area contributed by atoms with Crippen LogP contribution in [0.1, 0.15) is 16.8 Å². The molecule has 94 valence electrons. The first-order valence-corrected chi connectivity index (χ1v) is 7.59. The number of rotatable bonds is 5. The number of carbonyl (C=O) groups excluding carboxylic acids is 1. The van der Waals surface area contributed by atoms with Crippen LogP contribution >= 0.6 is 15.9 Å². The number of phenolic OH excluding ortho intramolecular Hbond substituents is 1. The lowest BCUT2D eigenvalue weighted by molar-refractivity contribution is 0.0953. The zero-order valence-electron chi connectivity index (χ0n) is 9.40. The molecule has 17 heavy (non-hydrogen) atoms. The SMILES string of the molecule is CS(=O)CCCNC(=O)c1ccc(Br)c(O)c1. The van der Waals surface area contributed by atoms with Crippen LogP contribution in [0.25, 0.3) is 0 Å². The van der Waals surface area contributed by atoms with Gasteiger partial charge in [-0.1, -0.05) is 0 Å². The maximum absolute atomic E-state index is 11.6. The number of halogens is 1. The second-order valence-corrected chi connectivity index (χ2v) is 5.96. The van der Waals surface area contributed by atoms with Gasteiger partial charge in [0.2, 0.25) is 0 Å². The highest BCUT2D eigenvalue weighted by atomic mass is 79.9. The summed E-state index contributed by atoms with van der Waals surface area (Å²) >= 11 is 3.14. The largest absolute Gasteiger partial charge is 0.507 e. The summed E-state index contributed by atoms with van der Waals surface area (Å²) in [5.41, 5.74) is 0.406. The van der Waals surface area contributed by atoms with Gasteiger partial charge in [-0.15, -0.1) is 0 Å². The van der Waals surface area contributed by atoms with E-state index in [1.807, 2.05) is 0 Å². The van der Waals surface area contributed by atoms with E-state index in [-0.39, 0.29) is 11.7 Å². The Morgan fingerprint density at radius 3 is 2.82 bits per heavy atom. The van der Waals surface area contributed by atoms with E-state index in [1.54, 1.807) is 18.4 Å². The van der Waals surface area contributed by atoms with Crippen molar-refractivity contribution in [1.82, 2.24) is 5.32 Å². The molecule has 0 heterocycles. The van der Waals surface area contributed by atoms with Gasteiger partial charge in [-0.25, -0.2) is 0 Å². The van der Waals surface area contributed by atoms with Gasteiger partial charge in [0.25, 0.3) is 5.91 Å². The number of phenols is 1. The van der Waals surface area contributed by atoms with E-state index < -0.39 is 10.8 Å². The molecule has 1 rings (SSSR count). The van der Waals surface area contributed by atoms with Crippen LogP contribution in [0.4, 0.5) is 0 Å². The Morgan fingerprint density at radius 1 is 1.53 bits per heavy atom. The average Bonchev–Trinajstić information content (AvgIpc) is 2.27. The summed E-state index contributed by atoms with van der Waals surface area (Å²) in [7, 11) is -0.829. The molecular weight excluding hydrogens is 306 g/mol. The highest BCUT2D eigenvalue weighted by Crippen LogP contribution is 2.24. The van der Waals surface area contributed by atoms with Crippen LogP contribution in [0.5, 0.6) is 5.75 Å². The third kappa shape index (κ3) is 4.87. The maximum atomic E-state index is 11.6. The Labute approximate surface area is 111 Å². The molecule has 0 saturated carbocycles. The first kappa shape index (κ1) is 14.2. The quantitative estimate of drug-likeness (QED) is 0.811. The van der Waals surface area contributed by atoms with Crippen molar-refractivity contribution in [2.75, 3.05) is 18.6 Å². The van der Waals surface area contributed by atoms with Crippen LogP contribution in [0.2, 0.25) is 0 Å². The molecule has 1 unspecified atom stereocenters. The molecule has 6 heteroatoms. The highest BCUT2D eigenvalue weighted by molar-refractivity contribution is 9.10. The molecule has 4 nitrogen and oxygen atoms in total. The first-order chi connectivity index (χ1) is 8.00. The van der Waals surface area contributed by atoms with Crippen molar-refractivity contribution < 1.29 is 14.1 Å². The summed E-state index contributed by atoms with van der Waals surface area (Å²) in [5, 5.41) is 12.1. The second-order valence-electron chi connectivity index (χ2n) is 3.55. The molecular formula is C11H14BrNO3S. The summed E-state index contributed by atoms with van der Waals surface area (Å²) in [6.45, 7) is 0.481. The van der Waals surface area contributed by atoms with E-state index in [2.05, 4.69) is 21.2 Å². The summed E-state index contributed by atoms with van der Waals surface area (Å²) in [4.78, 5) is 11.6. The first-order valence-electron chi connectivity index (χ1n) is 5.07. The summed E-state index contributed by atoms with van der Waals surface area (Å²) in [6, 6.07) is 4.64. The van der Waals surface area contributed by atoms with Crippen LogP contribution in [0.15, 0.2) is 22.7 Å². The van der Waals surface area contributed by atoms with Crippen LogP contribution < -0.4 is 5.32 Å². The highest BCUT2D eigenvalue weighted by Gasteiger charge is 2.07. The normalized spacial score (nSPS) is 12.1. The van der Waals surface area contributed by atoms with Crippen molar-refractivity contribution in [1.29, 1.82) is 0 Å². The molecule has 0 fully saturated rings. The number of carbonyl (C=O) groups is 1. The molecule has 0 bridgehead atoms. The molecule has 0 spiro atoms. The summed E-state index contributed by atoms with van der Waals surface area (Å²) in [5.74, 6) is 0.369. The smallest absolute Gasteiger partial charge is 0.251 e. The average molecular weight is 320 g/mol. The van der Waals surface area contributed by atoms with E-state index in [0.717, 1.165) is 0 Å². The molecule has 0 saturated heterocycles. The summed E-state index contributed by atoms with van der Waals surface area (Å²) < 4.78 is 11.4. The zero-order chi connectivity index (χ0) is 12.8. The van der Waals surface area contributed by atoms with Gasteiger partial charge in [0.15, 0.2) is 0 Å². The number of aromatic hydroxyl groups is 1. The van der Waals surface area contributed by atoms with E-state index in [0.29, 0.717) is 28.8 Å². The fraction of sp³-hybridized carbons (Fsp3) is 0.364. The molecule has 0 radical (unpaired) electrons. The lowest BCUT2D eigenvalue weighted by atomic mass is 10.2. The van der Waals surface area contributed by atoms with Crippen LogP contribution in [0, 0.1) is 0 Å². The van der Waals surface area contributed by atoms with Crippen LogP contribution in [-0.2, 0) is 10.8 Å². The zero-order valence-corrected chi connectivity index (χ0v) is 11.8. The van der Waals surface area contributed by atoms with Crippen molar-refractivity contribution in [3.63, 3.8) is 0 Å². The number of benzene rings is 1. The molecule has 0 aliphatic rings. The number of amides is 1. The molecule has 0 aliphatic heterocycles. The lowest BCUT2D eigenvalue weighted by Crippen LogP contribution is -2.25. The maximum Gasteiger partial charge on any atom is 0.251 e. The van der Waals surface area contributed by atoms with Gasteiger partial charge in [-0.3, -0.25) is 9.00 Å². The van der Waals surface area contributed by atoms with Gasteiger partial charge in [0.05, 0.1) is 4.47 Å². The predicted molar refractivity (Wildman–Crippen MR) is 71.7 cm³/mol. The van der Waals surface area contributed by atoms with Gasteiger partial charge in [-0.2, -0.15) is 0 Å². The fourth-order valence-electron chi connectivity index (χ4n) is 1.23. The second kappa shape index (κ2) is 6.76. The van der Waals surface area contributed by atoms with Crippen LogP contribution in [0.3, 0.4) is 0 Å². The molecule has 0 aliphatic carbocycles. The molecule has 2 N–H and O–H groups in total. The molecule has 1 atom stereocenters. The third-order valence-corrected chi connectivity index (χ3v) is 3.64. The Morgan fingerprint density at radius 2 is 2.24 bits per heavy atom. The standard InChI is InChI=1S/C11H14BrNO3S/c1-17(16)6-2-5-13-11(15)8-3-4-9(12)10(14)7-8/h3-4,7,14H,2,5-6H2,1H3,(H,13,15). The molecule has 1 aromatic rings. The van der Waals surface area contributed by atoms with Crippen molar-refractivity contribution in [2.45, 2.75) is 6.42 Å². The van der Waals surface area contributed by atoms with E-state index in [9.17, 15) is 14.1 Å². The van der Waals surface area contributed by atoms with Gasteiger partial charge >= 0.3 is 0 Å². The number of hydrogen-bond donors (Lipinski definition) is 2. The van der Waals surface area contributed by atoms with Crippen molar-refractivity contribution >= 4 is 32.6 Å². The Balaban J connectivity index is 2.47. The van der Waals surface area contributed by atoms with E-state index in [1.165, 1.54) is 6.07 Å². The Bertz CT molecular complexity index is 437. The predicted octanol–water partition coefficient (Wildman–Crippen LogP) is 1.65. The minimum absolute atomic E-state index is 0.0345. The monoisotopic (exact) mass is 319 g/mol. The Kier molecular flexibility index (Phi) is 5.64. The number of hydrogen-bond acceptors (Lipinski definition) is 3. The molecule has 0 aromatic heterocycles. The van der Waals surface area contributed by atoms with E-state index in [4.69, 9.17) is 0 Å². The van der Waals surface area contributed by atoms with E-state index >= 15 is 0 Å². The van der Waals surface area contributed by atoms with Crippen molar-refractivity contribution in [2.24, 2.45) is 0 Å². The fourth-order valence-corrected chi connectivity index (χ4v) is 2.03. The molecule has 1 aromatic carbocycles. The minimum atomic E-state index is -0.829. The lowest BCUT2D eigenvalue weighted by Gasteiger charge is -2.05. The van der Waals surface area contributed by atoms with Crippen molar-refractivity contribution in [3.8, 4) is 5.75 Å². The molecule has 1 amide bonds. The van der Waals surface area contributed by atoms with Gasteiger partial charge < -0.3 is 10.4 Å². The van der Waals surface area contributed by atoms with Gasteiger partial charge in [0.1, 0.15) is 5.75 Å². The van der Waals surface area contributed by atoms with Gasteiger partial charge in [-0.05, 0) is 40.5 Å². The van der Waals surface area contributed by atoms with Gasteiger partial charge in [0, 0.05) is 34.9 Å². The minimum Gasteiger partial charge on any atom is -0.507 e. The summed E-state index contributed by atoms with van der Waals surface area (Å²) in [6.07, 6.45) is 2.31.